The number of nitrogens with two attached hydrogens (primary N) is 3. The average Bonchev–Trinajstić information content (AvgIpc) is 2.37. The van der Waals surface area contributed by atoms with E-state index in [1.807, 2.05) is 0 Å². The maximum atomic E-state index is 6.17. The van der Waals surface area contributed by atoms with E-state index in [2.05, 4.69) is 6.92 Å². The van der Waals surface area contributed by atoms with Crippen LogP contribution in [-0.4, -0.2) is 11.2 Å². The van der Waals surface area contributed by atoms with Crippen LogP contribution < -0.4 is 17.2 Å². The van der Waals surface area contributed by atoms with Gasteiger partial charge in [-0.1, -0.05) is 26.2 Å². The molecule has 1 aliphatic carbocycles. The lowest BCUT2D eigenvalue weighted by Gasteiger charge is -2.40. The third-order valence-electron chi connectivity index (χ3n) is 3.09. The fraction of sp³-hybridized carbons (Fsp3) is 1.00. The molecule has 1 fully saturated rings. The molecule has 0 aromatic heterocycles. The Balaban J connectivity index is 2.64. The highest BCUT2D eigenvalue weighted by atomic mass is 15.1. The molecule has 0 aromatic carbocycles. The fourth-order valence-electron chi connectivity index (χ4n) is 2.13. The SMILES string of the molecule is CCCC(N)(N)C1(N)CCCC1. The molecule has 0 aliphatic heterocycles. The fourth-order valence-corrected chi connectivity index (χ4v) is 2.13. The highest BCUT2D eigenvalue weighted by Gasteiger charge is 2.44. The van der Waals surface area contributed by atoms with Crippen LogP contribution in [0.5, 0.6) is 0 Å². The van der Waals surface area contributed by atoms with Crippen molar-refractivity contribution < 1.29 is 0 Å². The van der Waals surface area contributed by atoms with Crippen molar-refractivity contribution >= 4 is 0 Å². The molecule has 0 unspecified atom stereocenters. The molecule has 1 rings (SSSR count). The van der Waals surface area contributed by atoms with E-state index in [9.17, 15) is 0 Å². The first-order chi connectivity index (χ1) is 5.52. The van der Waals surface area contributed by atoms with Gasteiger partial charge in [-0.05, 0) is 19.3 Å². The largest absolute Gasteiger partial charge is 0.322 e. The molecule has 1 saturated carbocycles. The Kier molecular flexibility index (Phi) is 2.76. The molecule has 0 amide bonds. The maximum absolute atomic E-state index is 6.17. The van der Waals surface area contributed by atoms with Gasteiger partial charge in [-0.3, -0.25) is 0 Å². The summed E-state index contributed by atoms with van der Waals surface area (Å²) in [4.78, 5) is 0. The van der Waals surface area contributed by atoms with Crippen molar-refractivity contribution in [1.29, 1.82) is 0 Å². The van der Waals surface area contributed by atoms with E-state index < -0.39 is 5.66 Å². The van der Waals surface area contributed by atoms with Crippen molar-refractivity contribution in [2.75, 3.05) is 0 Å². The van der Waals surface area contributed by atoms with Crippen molar-refractivity contribution in [1.82, 2.24) is 0 Å². The van der Waals surface area contributed by atoms with E-state index in [0.717, 1.165) is 25.7 Å². The lowest BCUT2D eigenvalue weighted by molar-refractivity contribution is 0.212. The zero-order valence-corrected chi connectivity index (χ0v) is 7.97. The van der Waals surface area contributed by atoms with Crippen molar-refractivity contribution in [2.45, 2.75) is 56.7 Å². The number of rotatable bonds is 3. The molecule has 1 aliphatic rings. The summed E-state index contributed by atoms with van der Waals surface area (Å²) in [5, 5.41) is 0. The minimum atomic E-state index is -0.655. The zero-order chi connectivity index (χ0) is 9.24. The summed E-state index contributed by atoms with van der Waals surface area (Å²) in [6.45, 7) is 2.09. The first kappa shape index (κ1) is 9.96. The van der Waals surface area contributed by atoms with E-state index in [1.54, 1.807) is 0 Å². The number of hydrogen-bond donors (Lipinski definition) is 3. The molecule has 0 atom stereocenters. The van der Waals surface area contributed by atoms with Crippen molar-refractivity contribution in [3.05, 3.63) is 0 Å². The summed E-state index contributed by atoms with van der Waals surface area (Å²) >= 11 is 0. The minimum absolute atomic E-state index is 0.303. The van der Waals surface area contributed by atoms with Crippen LogP contribution in [0.25, 0.3) is 0 Å². The van der Waals surface area contributed by atoms with Crippen LogP contribution in [0.1, 0.15) is 45.4 Å². The molecule has 0 radical (unpaired) electrons. The van der Waals surface area contributed by atoms with Gasteiger partial charge < -0.3 is 17.2 Å². The molecule has 3 nitrogen and oxygen atoms in total. The molecular formula is C9H21N3. The van der Waals surface area contributed by atoms with Crippen LogP contribution in [0.2, 0.25) is 0 Å². The Hall–Kier alpha value is -0.120. The lowest BCUT2D eigenvalue weighted by atomic mass is 9.81. The molecule has 12 heavy (non-hydrogen) atoms. The smallest absolute Gasteiger partial charge is 0.0821 e. The molecule has 0 bridgehead atoms. The summed E-state index contributed by atoms with van der Waals surface area (Å²) in [6, 6.07) is 0. The van der Waals surface area contributed by atoms with Crippen LogP contribution >= 0.6 is 0 Å². The Labute approximate surface area is 74.7 Å². The molecule has 0 aromatic rings. The first-order valence-electron chi connectivity index (χ1n) is 4.88. The topological polar surface area (TPSA) is 78.1 Å². The van der Waals surface area contributed by atoms with Crippen LogP contribution in [0.4, 0.5) is 0 Å². The van der Waals surface area contributed by atoms with Crippen LogP contribution in [-0.2, 0) is 0 Å². The Morgan fingerprint density at radius 1 is 1.25 bits per heavy atom. The van der Waals surface area contributed by atoms with Gasteiger partial charge in [-0.15, -0.1) is 0 Å². The molecule has 72 valence electrons. The van der Waals surface area contributed by atoms with Gasteiger partial charge in [0.15, 0.2) is 0 Å². The highest BCUT2D eigenvalue weighted by Crippen LogP contribution is 2.34. The predicted octanol–water partition coefficient (Wildman–Crippen LogP) is 0.672. The zero-order valence-electron chi connectivity index (χ0n) is 7.97. The number of hydrogen-bond acceptors (Lipinski definition) is 3. The lowest BCUT2D eigenvalue weighted by Crippen LogP contribution is -2.70. The summed E-state index contributed by atoms with van der Waals surface area (Å²) in [5.74, 6) is 0. The monoisotopic (exact) mass is 171 g/mol. The first-order valence-corrected chi connectivity index (χ1v) is 4.88. The van der Waals surface area contributed by atoms with E-state index in [1.165, 1.54) is 12.8 Å². The second-order valence-electron chi connectivity index (χ2n) is 4.15. The molecule has 3 heteroatoms. The van der Waals surface area contributed by atoms with Gasteiger partial charge in [0, 0.05) is 5.54 Å². The summed E-state index contributed by atoms with van der Waals surface area (Å²) in [7, 11) is 0. The van der Waals surface area contributed by atoms with Gasteiger partial charge >= 0.3 is 0 Å². The summed E-state index contributed by atoms with van der Waals surface area (Å²) < 4.78 is 0. The highest BCUT2D eigenvalue weighted by molar-refractivity contribution is 5.05. The predicted molar refractivity (Wildman–Crippen MR) is 51.4 cm³/mol. The van der Waals surface area contributed by atoms with E-state index in [-0.39, 0.29) is 5.54 Å². The standard InChI is InChI=1S/C9H21N3/c1-2-5-9(11,12)8(10)6-3-4-7-8/h2-7,10-12H2,1H3. The van der Waals surface area contributed by atoms with Gasteiger partial charge in [0.1, 0.15) is 0 Å². The Bertz CT molecular complexity index is 148. The Morgan fingerprint density at radius 3 is 2.17 bits per heavy atom. The average molecular weight is 171 g/mol. The van der Waals surface area contributed by atoms with Crippen LogP contribution in [0, 0.1) is 0 Å². The summed E-state index contributed by atoms with van der Waals surface area (Å²) in [6.07, 6.45) is 6.15. The summed E-state index contributed by atoms with van der Waals surface area (Å²) in [5.41, 5.74) is 17.3. The van der Waals surface area contributed by atoms with Gasteiger partial charge in [0.05, 0.1) is 5.66 Å². The van der Waals surface area contributed by atoms with Gasteiger partial charge in [-0.25, -0.2) is 0 Å². The quantitative estimate of drug-likeness (QED) is 0.546. The van der Waals surface area contributed by atoms with E-state index in [0.29, 0.717) is 0 Å². The van der Waals surface area contributed by atoms with E-state index in [4.69, 9.17) is 17.2 Å². The minimum Gasteiger partial charge on any atom is -0.322 e. The second-order valence-corrected chi connectivity index (χ2v) is 4.15. The van der Waals surface area contributed by atoms with Crippen molar-refractivity contribution in [2.24, 2.45) is 17.2 Å². The normalized spacial score (nSPS) is 23.0. The molecule has 0 heterocycles. The molecule has 0 spiro atoms. The van der Waals surface area contributed by atoms with Crippen LogP contribution in [0.15, 0.2) is 0 Å². The van der Waals surface area contributed by atoms with Crippen molar-refractivity contribution in [3.63, 3.8) is 0 Å². The third-order valence-corrected chi connectivity index (χ3v) is 3.09. The van der Waals surface area contributed by atoms with Crippen LogP contribution in [0.3, 0.4) is 0 Å². The third kappa shape index (κ3) is 1.63. The van der Waals surface area contributed by atoms with E-state index >= 15 is 0 Å². The Morgan fingerprint density at radius 2 is 1.75 bits per heavy atom. The van der Waals surface area contributed by atoms with Gasteiger partial charge in [0.25, 0.3) is 0 Å². The van der Waals surface area contributed by atoms with Gasteiger partial charge in [0.2, 0.25) is 0 Å². The van der Waals surface area contributed by atoms with Crippen molar-refractivity contribution in [3.8, 4) is 0 Å². The molecular weight excluding hydrogens is 150 g/mol. The van der Waals surface area contributed by atoms with Gasteiger partial charge in [-0.2, -0.15) is 0 Å². The molecule has 0 saturated heterocycles. The second kappa shape index (κ2) is 3.32. The maximum Gasteiger partial charge on any atom is 0.0821 e. The molecule has 6 N–H and O–H groups in total.